The van der Waals surface area contributed by atoms with E-state index in [2.05, 4.69) is 15.5 Å². The highest BCUT2D eigenvalue weighted by Crippen LogP contribution is 2.32. The number of carbonyl (C=O) groups excluding carboxylic acids is 1. The van der Waals surface area contributed by atoms with Gasteiger partial charge in [-0.1, -0.05) is 48.5 Å². The van der Waals surface area contributed by atoms with Gasteiger partial charge in [0.15, 0.2) is 0 Å². The van der Waals surface area contributed by atoms with E-state index in [1.165, 1.54) is 6.33 Å². The lowest BCUT2D eigenvalue weighted by molar-refractivity contribution is -0.136. The molecule has 0 saturated heterocycles. The van der Waals surface area contributed by atoms with E-state index in [1.54, 1.807) is 11.8 Å². The molecule has 7 nitrogen and oxygen atoms in total. The van der Waals surface area contributed by atoms with Gasteiger partial charge in [-0.3, -0.25) is 4.79 Å². The number of tetrazole rings is 1. The van der Waals surface area contributed by atoms with Gasteiger partial charge in [0, 0.05) is 24.6 Å². The van der Waals surface area contributed by atoms with Gasteiger partial charge in [-0.05, 0) is 34.9 Å². The number of carbonyl (C=O) groups is 1. The zero-order chi connectivity index (χ0) is 19.3. The third-order valence-corrected chi connectivity index (χ3v) is 5.05. The molecule has 0 N–H and O–H groups in total. The van der Waals surface area contributed by atoms with E-state index >= 15 is 0 Å². The van der Waals surface area contributed by atoms with E-state index in [-0.39, 0.29) is 11.9 Å². The van der Waals surface area contributed by atoms with Crippen LogP contribution in [0.1, 0.15) is 30.0 Å². The van der Waals surface area contributed by atoms with Crippen LogP contribution in [0.5, 0.6) is 5.75 Å². The van der Waals surface area contributed by atoms with Gasteiger partial charge < -0.3 is 9.64 Å². The van der Waals surface area contributed by atoms with Crippen molar-refractivity contribution in [3.05, 3.63) is 72.1 Å². The molecule has 144 valence electrons. The molecular weight excluding hydrogens is 354 g/mol. The Morgan fingerprint density at radius 2 is 1.93 bits per heavy atom. The molecule has 1 aromatic heterocycles. The maximum absolute atomic E-state index is 13.6. The predicted octanol–water partition coefficient (Wildman–Crippen LogP) is 2.66. The average Bonchev–Trinajstić information content (AvgIpc) is 3.44. The van der Waals surface area contributed by atoms with Gasteiger partial charge in [0.2, 0.25) is 5.91 Å². The minimum atomic E-state index is -0.479. The van der Waals surface area contributed by atoms with Crippen LogP contribution in [0.15, 0.2) is 60.9 Å². The normalized spacial score (nSPS) is 14.5. The molecule has 1 aliphatic carbocycles. The minimum Gasteiger partial charge on any atom is -0.496 e. The topological polar surface area (TPSA) is 73.1 Å². The molecule has 1 fully saturated rings. The number of ether oxygens (including phenoxy) is 1. The molecule has 28 heavy (non-hydrogen) atoms. The highest BCUT2D eigenvalue weighted by molar-refractivity contribution is 5.81. The van der Waals surface area contributed by atoms with Gasteiger partial charge in [-0.25, -0.2) is 4.68 Å². The Balaban J connectivity index is 1.61. The lowest BCUT2D eigenvalue weighted by Gasteiger charge is -2.28. The van der Waals surface area contributed by atoms with Crippen molar-refractivity contribution in [3.63, 3.8) is 0 Å². The summed E-state index contributed by atoms with van der Waals surface area (Å²) in [5.41, 5.74) is 2.07. The van der Waals surface area contributed by atoms with Gasteiger partial charge in [-0.2, -0.15) is 0 Å². The third kappa shape index (κ3) is 4.03. The number of aromatic nitrogens is 4. The SMILES string of the molecule is COc1ccccc1CN(C(=O)[C@H](Cc1ccccc1)n1cnnn1)C1CC1. The third-order valence-electron chi connectivity index (χ3n) is 5.05. The van der Waals surface area contributed by atoms with Crippen LogP contribution >= 0.6 is 0 Å². The fraction of sp³-hybridized carbons (Fsp3) is 0.333. The van der Waals surface area contributed by atoms with Crippen molar-refractivity contribution in [1.29, 1.82) is 0 Å². The summed E-state index contributed by atoms with van der Waals surface area (Å²) in [5.74, 6) is 0.826. The van der Waals surface area contributed by atoms with Gasteiger partial charge in [0.25, 0.3) is 0 Å². The number of nitrogens with zero attached hydrogens (tertiary/aromatic N) is 5. The highest BCUT2D eigenvalue weighted by Gasteiger charge is 2.37. The number of rotatable bonds is 8. The Morgan fingerprint density at radius 1 is 1.18 bits per heavy atom. The second-order valence-corrected chi connectivity index (χ2v) is 7.00. The van der Waals surface area contributed by atoms with Gasteiger partial charge in [-0.15, -0.1) is 5.10 Å². The van der Waals surface area contributed by atoms with E-state index in [4.69, 9.17) is 4.74 Å². The Morgan fingerprint density at radius 3 is 2.61 bits per heavy atom. The Hall–Kier alpha value is -3.22. The number of benzene rings is 2. The molecule has 1 heterocycles. The monoisotopic (exact) mass is 377 g/mol. The van der Waals surface area contributed by atoms with Crippen molar-refractivity contribution < 1.29 is 9.53 Å². The number of methoxy groups -OCH3 is 1. The molecule has 0 unspecified atom stereocenters. The fourth-order valence-electron chi connectivity index (χ4n) is 3.42. The van der Waals surface area contributed by atoms with Crippen molar-refractivity contribution in [1.82, 2.24) is 25.1 Å². The average molecular weight is 377 g/mol. The standard InChI is InChI=1S/C21H23N5O2/c1-28-20-10-6-5-9-17(20)14-25(18-11-12-18)21(27)19(26-15-22-23-24-26)13-16-7-3-2-4-8-16/h2-10,15,18-19H,11-14H2,1H3/t19-/m0/s1. The molecule has 0 bridgehead atoms. The van der Waals surface area contributed by atoms with Crippen molar-refractivity contribution in [2.75, 3.05) is 7.11 Å². The molecule has 0 aliphatic heterocycles. The molecular formula is C21H23N5O2. The molecule has 0 spiro atoms. The van der Waals surface area contributed by atoms with Crippen LogP contribution < -0.4 is 4.74 Å². The minimum absolute atomic E-state index is 0.0320. The number of hydrogen-bond donors (Lipinski definition) is 0. The molecule has 7 heteroatoms. The molecule has 1 amide bonds. The summed E-state index contributed by atoms with van der Waals surface area (Å²) >= 11 is 0. The predicted molar refractivity (Wildman–Crippen MR) is 104 cm³/mol. The van der Waals surface area contributed by atoms with Crippen molar-refractivity contribution in [3.8, 4) is 5.75 Å². The quantitative estimate of drug-likeness (QED) is 0.603. The van der Waals surface area contributed by atoms with Crippen molar-refractivity contribution in [2.24, 2.45) is 0 Å². The second kappa shape index (κ2) is 8.21. The number of amides is 1. The smallest absolute Gasteiger partial charge is 0.248 e. The van der Waals surface area contributed by atoms with Gasteiger partial charge >= 0.3 is 0 Å². The summed E-state index contributed by atoms with van der Waals surface area (Å²) in [6, 6.07) is 17.6. The first-order valence-electron chi connectivity index (χ1n) is 9.45. The summed E-state index contributed by atoms with van der Waals surface area (Å²) in [4.78, 5) is 15.6. The molecule has 1 saturated carbocycles. The molecule has 3 aromatic rings. The van der Waals surface area contributed by atoms with Crippen LogP contribution in [0.2, 0.25) is 0 Å². The second-order valence-electron chi connectivity index (χ2n) is 7.00. The zero-order valence-electron chi connectivity index (χ0n) is 15.8. The first-order valence-corrected chi connectivity index (χ1v) is 9.45. The van der Waals surface area contributed by atoms with E-state index in [0.29, 0.717) is 13.0 Å². The van der Waals surface area contributed by atoms with E-state index in [0.717, 1.165) is 29.7 Å². The van der Waals surface area contributed by atoms with Crippen LogP contribution in [0, 0.1) is 0 Å². The van der Waals surface area contributed by atoms with Crippen LogP contribution in [0.25, 0.3) is 0 Å². The molecule has 1 atom stereocenters. The summed E-state index contributed by atoms with van der Waals surface area (Å²) in [6.07, 6.45) is 4.10. The maximum atomic E-state index is 13.6. The zero-order valence-corrected chi connectivity index (χ0v) is 15.8. The molecule has 4 rings (SSSR count). The van der Waals surface area contributed by atoms with E-state index < -0.39 is 6.04 Å². The molecule has 1 aliphatic rings. The summed E-state index contributed by atoms with van der Waals surface area (Å²) in [7, 11) is 1.65. The van der Waals surface area contributed by atoms with Gasteiger partial charge in [0.1, 0.15) is 18.1 Å². The van der Waals surface area contributed by atoms with E-state index in [9.17, 15) is 4.79 Å². The summed E-state index contributed by atoms with van der Waals surface area (Å²) in [5, 5.41) is 11.5. The van der Waals surface area contributed by atoms with Crippen LogP contribution in [-0.4, -0.2) is 44.2 Å². The Bertz CT molecular complexity index is 910. The van der Waals surface area contributed by atoms with E-state index in [1.807, 2.05) is 59.5 Å². The van der Waals surface area contributed by atoms with Crippen LogP contribution in [-0.2, 0) is 17.8 Å². The lowest BCUT2D eigenvalue weighted by atomic mass is 10.0. The Labute approximate surface area is 163 Å². The first kappa shape index (κ1) is 18.2. The fourth-order valence-corrected chi connectivity index (χ4v) is 3.42. The lowest BCUT2D eigenvalue weighted by Crippen LogP contribution is -2.39. The van der Waals surface area contributed by atoms with Crippen molar-refractivity contribution in [2.45, 2.75) is 37.9 Å². The largest absolute Gasteiger partial charge is 0.496 e. The number of para-hydroxylation sites is 1. The van der Waals surface area contributed by atoms with Crippen LogP contribution in [0.4, 0.5) is 0 Å². The van der Waals surface area contributed by atoms with Crippen LogP contribution in [0.3, 0.4) is 0 Å². The first-order chi connectivity index (χ1) is 13.8. The maximum Gasteiger partial charge on any atom is 0.248 e. The number of hydrogen-bond acceptors (Lipinski definition) is 5. The van der Waals surface area contributed by atoms with Crippen molar-refractivity contribution >= 4 is 5.91 Å². The van der Waals surface area contributed by atoms with Gasteiger partial charge in [0.05, 0.1) is 7.11 Å². The molecule has 2 aromatic carbocycles. The summed E-state index contributed by atoms with van der Waals surface area (Å²) < 4.78 is 7.04. The summed E-state index contributed by atoms with van der Waals surface area (Å²) in [6.45, 7) is 0.515. The Kier molecular flexibility index (Phi) is 5.32. The molecule has 0 radical (unpaired) electrons. The highest BCUT2D eigenvalue weighted by atomic mass is 16.5.